The molecule has 16 heavy (non-hydrogen) atoms. The summed E-state index contributed by atoms with van der Waals surface area (Å²) in [4.78, 5) is 7.23. The molecule has 1 aromatic heterocycles. The third-order valence-electron chi connectivity index (χ3n) is 4.03. The van der Waals surface area contributed by atoms with E-state index in [4.69, 9.17) is 10.7 Å². The predicted octanol–water partition coefficient (Wildman–Crippen LogP) is 1.55. The number of hydrogen-bond donors (Lipinski definition) is 1. The van der Waals surface area contributed by atoms with Gasteiger partial charge >= 0.3 is 0 Å². The van der Waals surface area contributed by atoms with Crippen LogP contribution in [0.15, 0.2) is 5.38 Å². The zero-order chi connectivity index (χ0) is 11.2. The van der Waals surface area contributed by atoms with Crippen LogP contribution in [0.5, 0.6) is 0 Å². The molecular weight excluding hydrogens is 218 g/mol. The molecule has 3 nitrogen and oxygen atoms in total. The van der Waals surface area contributed by atoms with Crippen molar-refractivity contribution < 1.29 is 0 Å². The lowest BCUT2D eigenvalue weighted by Gasteiger charge is -2.09. The highest BCUT2D eigenvalue weighted by molar-refractivity contribution is 7.09. The van der Waals surface area contributed by atoms with E-state index in [-0.39, 0.29) is 5.41 Å². The Kier molecular flexibility index (Phi) is 2.53. The first-order valence-electron chi connectivity index (χ1n) is 6.08. The standard InChI is InChI=1S/C12H19N3S/c1-15-5-2-9(6-15)10-7-16-11(14-10)12(8-13)3-4-12/h7,9H,2-6,8,13H2,1H3. The average molecular weight is 237 g/mol. The maximum atomic E-state index is 5.84. The summed E-state index contributed by atoms with van der Waals surface area (Å²) in [5.74, 6) is 0.656. The smallest absolute Gasteiger partial charge is 0.100 e. The van der Waals surface area contributed by atoms with Crippen LogP contribution in [-0.2, 0) is 5.41 Å². The lowest BCUT2D eigenvalue weighted by atomic mass is 10.1. The van der Waals surface area contributed by atoms with Gasteiger partial charge in [-0.15, -0.1) is 11.3 Å². The molecule has 4 heteroatoms. The van der Waals surface area contributed by atoms with E-state index in [0.29, 0.717) is 5.92 Å². The van der Waals surface area contributed by atoms with Crippen LogP contribution in [0, 0.1) is 0 Å². The van der Waals surface area contributed by atoms with E-state index in [9.17, 15) is 0 Å². The van der Waals surface area contributed by atoms with Crippen molar-refractivity contribution in [1.29, 1.82) is 0 Å². The van der Waals surface area contributed by atoms with Crippen LogP contribution in [-0.4, -0.2) is 36.6 Å². The predicted molar refractivity (Wildman–Crippen MR) is 66.9 cm³/mol. The zero-order valence-electron chi connectivity index (χ0n) is 9.78. The highest BCUT2D eigenvalue weighted by atomic mass is 32.1. The summed E-state index contributed by atoms with van der Waals surface area (Å²) in [7, 11) is 2.19. The lowest BCUT2D eigenvalue weighted by molar-refractivity contribution is 0.411. The van der Waals surface area contributed by atoms with Crippen molar-refractivity contribution in [3.05, 3.63) is 16.1 Å². The minimum atomic E-state index is 0.271. The summed E-state index contributed by atoms with van der Waals surface area (Å²) in [5, 5.41) is 3.55. The van der Waals surface area contributed by atoms with Gasteiger partial charge in [-0.1, -0.05) is 0 Å². The van der Waals surface area contributed by atoms with Crippen LogP contribution in [0.1, 0.15) is 35.9 Å². The molecule has 1 aromatic rings. The molecule has 1 aliphatic heterocycles. The molecule has 88 valence electrons. The lowest BCUT2D eigenvalue weighted by Crippen LogP contribution is -2.19. The summed E-state index contributed by atoms with van der Waals surface area (Å²) >= 11 is 1.82. The first-order chi connectivity index (χ1) is 7.73. The minimum Gasteiger partial charge on any atom is -0.329 e. The Balaban J connectivity index is 1.78. The molecule has 0 amide bonds. The van der Waals surface area contributed by atoms with E-state index in [1.54, 1.807) is 0 Å². The first kappa shape index (κ1) is 10.7. The van der Waals surface area contributed by atoms with Gasteiger partial charge in [0.1, 0.15) is 5.01 Å². The Labute approximate surface area is 101 Å². The Morgan fingerprint density at radius 1 is 1.62 bits per heavy atom. The van der Waals surface area contributed by atoms with Gasteiger partial charge in [0.2, 0.25) is 0 Å². The van der Waals surface area contributed by atoms with Crippen molar-refractivity contribution in [1.82, 2.24) is 9.88 Å². The number of nitrogens with two attached hydrogens (primary N) is 1. The Hall–Kier alpha value is -0.450. The Morgan fingerprint density at radius 2 is 2.44 bits per heavy atom. The molecule has 1 saturated carbocycles. The summed E-state index contributed by atoms with van der Waals surface area (Å²) in [5.41, 5.74) is 7.42. The van der Waals surface area contributed by atoms with E-state index in [1.807, 2.05) is 11.3 Å². The van der Waals surface area contributed by atoms with Crippen LogP contribution in [0.25, 0.3) is 0 Å². The van der Waals surface area contributed by atoms with Gasteiger partial charge in [0.05, 0.1) is 5.69 Å². The quantitative estimate of drug-likeness (QED) is 0.867. The number of hydrogen-bond acceptors (Lipinski definition) is 4. The molecule has 0 aromatic carbocycles. The summed E-state index contributed by atoms with van der Waals surface area (Å²) < 4.78 is 0. The number of likely N-dealkylation sites (tertiary alicyclic amines) is 1. The van der Waals surface area contributed by atoms with Crippen molar-refractivity contribution in [2.45, 2.75) is 30.6 Å². The normalized spacial score (nSPS) is 28.5. The number of aromatic nitrogens is 1. The maximum absolute atomic E-state index is 5.84. The summed E-state index contributed by atoms with van der Waals surface area (Å²) in [6.45, 7) is 3.14. The highest BCUT2D eigenvalue weighted by Crippen LogP contribution is 2.48. The summed E-state index contributed by atoms with van der Waals surface area (Å²) in [6.07, 6.45) is 3.73. The van der Waals surface area contributed by atoms with Crippen molar-refractivity contribution in [3.63, 3.8) is 0 Å². The van der Waals surface area contributed by atoms with Gasteiger partial charge in [-0.2, -0.15) is 0 Å². The molecule has 1 atom stereocenters. The summed E-state index contributed by atoms with van der Waals surface area (Å²) in [6, 6.07) is 0. The van der Waals surface area contributed by atoms with E-state index in [2.05, 4.69) is 17.3 Å². The van der Waals surface area contributed by atoms with Gasteiger partial charge in [-0.05, 0) is 32.9 Å². The topological polar surface area (TPSA) is 42.1 Å². The van der Waals surface area contributed by atoms with E-state index in [1.165, 1.54) is 43.1 Å². The maximum Gasteiger partial charge on any atom is 0.100 e. The molecule has 1 aliphatic carbocycles. The van der Waals surface area contributed by atoms with Gasteiger partial charge < -0.3 is 10.6 Å². The molecule has 2 fully saturated rings. The second-order valence-electron chi connectivity index (χ2n) is 5.31. The molecule has 2 heterocycles. The fraction of sp³-hybridized carbons (Fsp3) is 0.750. The van der Waals surface area contributed by atoms with Gasteiger partial charge in [0.15, 0.2) is 0 Å². The third kappa shape index (κ3) is 1.69. The van der Waals surface area contributed by atoms with Crippen LogP contribution in [0.4, 0.5) is 0 Å². The third-order valence-corrected chi connectivity index (χ3v) is 5.14. The largest absolute Gasteiger partial charge is 0.329 e. The molecule has 2 N–H and O–H groups in total. The van der Waals surface area contributed by atoms with E-state index in [0.717, 1.165) is 6.54 Å². The number of nitrogens with zero attached hydrogens (tertiary/aromatic N) is 2. The van der Waals surface area contributed by atoms with Crippen molar-refractivity contribution >= 4 is 11.3 Å². The van der Waals surface area contributed by atoms with Gasteiger partial charge in [0.25, 0.3) is 0 Å². The molecule has 0 bridgehead atoms. The average Bonchev–Trinajstić information content (AvgIpc) is 2.74. The zero-order valence-corrected chi connectivity index (χ0v) is 10.6. The van der Waals surface area contributed by atoms with Crippen molar-refractivity contribution in [2.75, 3.05) is 26.7 Å². The van der Waals surface area contributed by atoms with Gasteiger partial charge in [-0.3, -0.25) is 0 Å². The highest BCUT2D eigenvalue weighted by Gasteiger charge is 2.45. The van der Waals surface area contributed by atoms with Crippen molar-refractivity contribution in [2.24, 2.45) is 5.73 Å². The first-order valence-corrected chi connectivity index (χ1v) is 6.96. The van der Waals surface area contributed by atoms with Crippen LogP contribution in [0.2, 0.25) is 0 Å². The molecule has 1 unspecified atom stereocenters. The molecule has 2 aliphatic rings. The fourth-order valence-corrected chi connectivity index (χ4v) is 3.72. The van der Waals surface area contributed by atoms with Crippen LogP contribution < -0.4 is 5.73 Å². The minimum absolute atomic E-state index is 0.271. The SMILES string of the molecule is CN1CCC(c2csc(C3(CN)CC3)n2)C1. The van der Waals surface area contributed by atoms with Crippen LogP contribution in [0.3, 0.4) is 0 Å². The van der Waals surface area contributed by atoms with Gasteiger partial charge in [-0.25, -0.2) is 4.98 Å². The molecule has 1 saturated heterocycles. The number of thiazole rings is 1. The molecule has 0 radical (unpaired) electrons. The molecule has 0 spiro atoms. The Bertz CT molecular complexity index is 383. The van der Waals surface area contributed by atoms with Crippen molar-refractivity contribution in [3.8, 4) is 0 Å². The fourth-order valence-electron chi connectivity index (χ4n) is 2.55. The second kappa shape index (κ2) is 3.79. The van der Waals surface area contributed by atoms with Gasteiger partial charge in [0, 0.05) is 29.8 Å². The number of likely N-dealkylation sites (N-methyl/N-ethyl adjacent to an activating group) is 1. The van der Waals surface area contributed by atoms with Crippen LogP contribution >= 0.6 is 11.3 Å². The second-order valence-corrected chi connectivity index (χ2v) is 6.17. The molecular formula is C12H19N3S. The monoisotopic (exact) mass is 237 g/mol. The molecule has 3 rings (SSSR count). The Morgan fingerprint density at radius 3 is 3.00 bits per heavy atom. The number of rotatable bonds is 3. The van der Waals surface area contributed by atoms with E-state index >= 15 is 0 Å². The van der Waals surface area contributed by atoms with E-state index < -0.39 is 0 Å².